The molecule has 0 unspecified atom stereocenters. The van der Waals surface area contributed by atoms with Crippen LogP contribution in [0.2, 0.25) is 0 Å². The highest BCUT2D eigenvalue weighted by atomic mass is 16.7. The third kappa shape index (κ3) is 9.26. The first-order chi connectivity index (χ1) is 21.9. The Morgan fingerprint density at radius 1 is 0.708 bits per heavy atom. The molecule has 1 fully saturated rings. The SMILES string of the molecule is CC(C)(C)OC(=O)c1ccc(B2OC(C)(C)C(C)(C)O2)cc1[N+](=O)[O-].Cc1ccccc1-c1ccc(C(=O)OC(C)(C)C)c([N+](=O)[O-])c1. The van der Waals surface area contributed by atoms with Gasteiger partial charge in [-0.3, -0.25) is 20.2 Å². The maximum atomic E-state index is 12.2. The van der Waals surface area contributed by atoms with E-state index in [2.05, 4.69) is 0 Å². The van der Waals surface area contributed by atoms with Gasteiger partial charge in [0.1, 0.15) is 22.3 Å². The fourth-order valence-electron chi connectivity index (χ4n) is 4.58. The van der Waals surface area contributed by atoms with E-state index < -0.39 is 51.3 Å². The van der Waals surface area contributed by atoms with Gasteiger partial charge in [-0.05, 0) is 110 Å². The maximum absolute atomic E-state index is 12.2. The lowest BCUT2D eigenvalue weighted by Gasteiger charge is -2.32. The number of rotatable bonds is 6. The van der Waals surface area contributed by atoms with E-state index in [9.17, 15) is 29.8 Å². The molecular weight excluding hydrogens is 619 g/mol. The lowest BCUT2D eigenvalue weighted by molar-refractivity contribution is -0.385. The lowest BCUT2D eigenvalue weighted by Crippen LogP contribution is -2.41. The summed E-state index contributed by atoms with van der Waals surface area (Å²) in [6.45, 7) is 19.8. The second-order valence-corrected chi connectivity index (χ2v) is 14.4. The normalized spacial score (nSPS) is 15.2. The van der Waals surface area contributed by atoms with Crippen LogP contribution in [0, 0.1) is 27.2 Å². The van der Waals surface area contributed by atoms with Crippen LogP contribution in [0.15, 0.2) is 60.7 Å². The quantitative estimate of drug-likeness (QED) is 0.113. The van der Waals surface area contributed by atoms with Crippen LogP contribution in [0.3, 0.4) is 0 Å². The highest BCUT2D eigenvalue weighted by molar-refractivity contribution is 6.62. The fraction of sp³-hybridized carbons (Fsp3) is 0.429. The van der Waals surface area contributed by atoms with Crippen LogP contribution in [-0.4, -0.2) is 51.3 Å². The summed E-state index contributed by atoms with van der Waals surface area (Å²) in [6.07, 6.45) is 0. The van der Waals surface area contributed by atoms with Gasteiger partial charge in [0.15, 0.2) is 0 Å². The molecule has 48 heavy (non-hydrogen) atoms. The number of ether oxygens (including phenoxy) is 2. The Morgan fingerprint density at radius 3 is 1.58 bits per heavy atom. The number of benzene rings is 3. The number of carbonyl (C=O) groups is 2. The summed E-state index contributed by atoms with van der Waals surface area (Å²) in [5, 5.41) is 22.8. The van der Waals surface area contributed by atoms with E-state index in [1.807, 2.05) is 58.9 Å². The molecule has 4 rings (SSSR count). The molecule has 3 aromatic carbocycles. The second kappa shape index (κ2) is 13.9. The first-order valence-electron chi connectivity index (χ1n) is 15.4. The predicted molar refractivity (Wildman–Crippen MR) is 182 cm³/mol. The molecule has 0 radical (unpaired) electrons. The molecule has 0 saturated carbocycles. The van der Waals surface area contributed by atoms with E-state index in [0.717, 1.165) is 11.1 Å². The van der Waals surface area contributed by atoms with E-state index in [-0.39, 0.29) is 22.5 Å². The summed E-state index contributed by atoms with van der Waals surface area (Å²) in [4.78, 5) is 46.0. The Morgan fingerprint density at radius 2 is 1.15 bits per heavy atom. The van der Waals surface area contributed by atoms with Gasteiger partial charge in [-0.25, -0.2) is 9.59 Å². The molecule has 1 saturated heterocycles. The molecule has 0 aliphatic carbocycles. The number of esters is 2. The van der Waals surface area contributed by atoms with Crippen molar-refractivity contribution in [3.8, 4) is 11.1 Å². The van der Waals surface area contributed by atoms with Crippen molar-refractivity contribution in [1.82, 2.24) is 0 Å². The lowest BCUT2D eigenvalue weighted by atomic mass is 9.78. The Kier molecular flexibility index (Phi) is 10.9. The number of aryl methyl sites for hydroxylation is 1. The Balaban J connectivity index is 0.000000261. The third-order valence-electron chi connectivity index (χ3n) is 7.63. The van der Waals surface area contributed by atoms with Crippen molar-refractivity contribution in [2.75, 3.05) is 0 Å². The van der Waals surface area contributed by atoms with Crippen molar-refractivity contribution in [3.63, 3.8) is 0 Å². The number of hydrogen-bond acceptors (Lipinski definition) is 10. The van der Waals surface area contributed by atoms with Crippen LogP contribution >= 0.6 is 0 Å². The molecule has 0 spiro atoms. The fourth-order valence-corrected chi connectivity index (χ4v) is 4.58. The van der Waals surface area contributed by atoms with Crippen molar-refractivity contribution in [2.24, 2.45) is 0 Å². The van der Waals surface area contributed by atoms with Crippen LogP contribution in [0.4, 0.5) is 11.4 Å². The smallest absolute Gasteiger partial charge is 0.456 e. The van der Waals surface area contributed by atoms with Crippen LogP contribution in [0.25, 0.3) is 11.1 Å². The minimum Gasteiger partial charge on any atom is -0.456 e. The largest absolute Gasteiger partial charge is 0.495 e. The molecule has 0 aromatic heterocycles. The molecule has 0 N–H and O–H groups in total. The monoisotopic (exact) mass is 662 g/mol. The van der Waals surface area contributed by atoms with Gasteiger partial charge >= 0.3 is 19.1 Å². The summed E-state index contributed by atoms with van der Waals surface area (Å²) in [6, 6.07) is 16.5. The minimum absolute atomic E-state index is 0.0396. The molecule has 1 aliphatic rings. The zero-order valence-corrected chi connectivity index (χ0v) is 29.3. The average molecular weight is 663 g/mol. The van der Waals surface area contributed by atoms with Gasteiger partial charge in [0.25, 0.3) is 11.4 Å². The molecule has 0 amide bonds. The van der Waals surface area contributed by atoms with Crippen LogP contribution in [0.5, 0.6) is 0 Å². The summed E-state index contributed by atoms with van der Waals surface area (Å²) < 4.78 is 22.3. The first kappa shape index (κ1) is 37.8. The number of carbonyl (C=O) groups excluding carboxylic acids is 2. The first-order valence-corrected chi connectivity index (χ1v) is 15.4. The number of nitro groups is 2. The van der Waals surface area contributed by atoms with E-state index in [4.69, 9.17) is 18.8 Å². The number of nitro benzene ring substituents is 2. The van der Waals surface area contributed by atoms with E-state index in [1.165, 1.54) is 24.3 Å². The summed E-state index contributed by atoms with van der Waals surface area (Å²) >= 11 is 0. The molecule has 0 atom stereocenters. The van der Waals surface area contributed by atoms with E-state index in [1.54, 1.807) is 53.7 Å². The Labute approximate surface area is 281 Å². The zero-order chi connectivity index (χ0) is 36.4. The van der Waals surface area contributed by atoms with Gasteiger partial charge in [0.05, 0.1) is 21.0 Å². The third-order valence-corrected chi connectivity index (χ3v) is 7.63. The van der Waals surface area contributed by atoms with Gasteiger partial charge in [0, 0.05) is 12.1 Å². The Hall–Kier alpha value is -4.62. The topological polar surface area (TPSA) is 157 Å². The van der Waals surface area contributed by atoms with Crippen LogP contribution in [0.1, 0.15) is 95.5 Å². The standard InChI is InChI=1S/C18H19NO4.C17H24BNO6/c1-12-7-5-6-8-14(12)13-9-10-15(16(11-13)19(21)22)17(20)23-18(2,3)4;1-15(2,3)23-14(20)12-9-8-11(10-13(12)19(21)22)18-24-16(4,5)17(6,7)25-18/h5-11H,1-4H3;8-10H,1-7H3. The molecular formula is C35H43BN2O10. The summed E-state index contributed by atoms with van der Waals surface area (Å²) in [5.74, 6) is -1.43. The van der Waals surface area contributed by atoms with Crippen LogP contribution in [-0.2, 0) is 18.8 Å². The zero-order valence-electron chi connectivity index (χ0n) is 29.3. The molecule has 256 valence electrons. The van der Waals surface area contributed by atoms with Gasteiger partial charge < -0.3 is 18.8 Å². The van der Waals surface area contributed by atoms with Gasteiger partial charge in [0.2, 0.25) is 0 Å². The van der Waals surface area contributed by atoms with E-state index >= 15 is 0 Å². The summed E-state index contributed by atoms with van der Waals surface area (Å²) in [5.41, 5.74) is -0.205. The second-order valence-electron chi connectivity index (χ2n) is 14.4. The minimum atomic E-state index is -0.741. The number of hydrogen-bond donors (Lipinski definition) is 0. The molecule has 1 aliphatic heterocycles. The average Bonchev–Trinajstić information content (AvgIpc) is 3.17. The van der Waals surface area contributed by atoms with E-state index in [0.29, 0.717) is 11.0 Å². The van der Waals surface area contributed by atoms with Crippen molar-refractivity contribution in [3.05, 3.63) is 97.6 Å². The van der Waals surface area contributed by atoms with Gasteiger partial charge in [-0.1, -0.05) is 36.4 Å². The Bertz CT molecular complexity index is 1700. The van der Waals surface area contributed by atoms with Crippen molar-refractivity contribution < 1.29 is 38.2 Å². The van der Waals surface area contributed by atoms with Crippen molar-refractivity contribution in [2.45, 2.75) is 98.6 Å². The molecule has 0 bridgehead atoms. The highest BCUT2D eigenvalue weighted by Gasteiger charge is 2.52. The molecule has 12 nitrogen and oxygen atoms in total. The van der Waals surface area contributed by atoms with Crippen LogP contribution < -0.4 is 5.46 Å². The predicted octanol–water partition coefficient (Wildman–Crippen LogP) is 7.37. The molecule has 3 aromatic rings. The molecule has 1 heterocycles. The van der Waals surface area contributed by atoms with Crippen molar-refractivity contribution in [1.29, 1.82) is 0 Å². The van der Waals surface area contributed by atoms with Gasteiger partial charge in [-0.2, -0.15) is 0 Å². The van der Waals surface area contributed by atoms with Gasteiger partial charge in [-0.15, -0.1) is 0 Å². The maximum Gasteiger partial charge on any atom is 0.495 e. The molecule has 13 heteroatoms. The van der Waals surface area contributed by atoms with Crippen molar-refractivity contribution >= 4 is 35.9 Å². The number of nitrogens with zero attached hydrogens (tertiary/aromatic N) is 2. The highest BCUT2D eigenvalue weighted by Crippen LogP contribution is 2.37. The summed E-state index contributed by atoms with van der Waals surface area (Å²) in [7, 11) is -0.739.